The zero-order chi connectivity index (χ0) is 16.3. The summed E-state index contributed by atoms with van der Waals surface area (Å²) in [5.41, 5.74) is 0.401. The Morgan fingerprint density at radius 2 is 1.82 bits per heavy atom. The van der Waals surface area contributed by atoms with Gasteiger partial charge >= 0.3 is 0 Å². The molecule has 0 atom stereocenters. The highest BCUT2D eigenvalue weighted by Crippen LogP contribution is 2.18. The molecule has 0 aliphatic carbocycles. The van der Waals surface area contributed by atoms with Crippen LogP contribution >= 0.6 is 11.6 Å². The van der Waals surface area contributed by atoms with E-state index in [1.807, 2.05) is 0 Å². The second-order valence-corrected chi connectivity index (χ2v) is 6.44. The fourth-order valence-electron chi connectivity index (χ4n) is 1.78. The van der Waals surface area contributed by atoms with Gasteiger partial charge < -0.3 is 5.32 Å². The lowest BCUT2D eigenvalue weighted by atomic mass is 10.2. The average Bonchev–Trinajstić information content (AvgIpc) is 2.44. The molecule has 0 aliphatic rings. The number of hydrogen-bond donors (Lipinski definition) is 2. The summed E-state index contributed by atoms with van der Waals surface area (Å²) in [7, 11) is -3.76. The predicted molar refractivity (Wildman–Crippen MR) is 80.4 cm³/mol. The van der Waals surface area contributed by atoms with Crippen LogP contribution in [0.5, 0.6) is 0 Å². The van der Waals surface area contributed by atoms with Crippen molar-refractivity contribution in [2.75, 3.05) is 0 Å². The Morgan fingerprint density at radius 3 is 2.36 bits per heavy atom. The molecule has 0 bridgehead atoms. The third-order valence-corrected chi connectivity index (χ3v) is 4.14. The first-order chi connectivity index (χ1) is 10.3. The maximum Gasteiger partial charge on any atom is 0.256 e. The van der Waals surface area contributed by atoms with E-state index in [4.69, 9.17) is 16.7 Å². The van der Waals surface area contributed by atoms with Crippen molar-refractivity contribution >= 4 is 27.5 Å². The highest BCUT2D eigenvalue weighted by molar-refractivity contribution is 7.89. The molecule has 116 valence electrons. The van der Waals surface area contributed by atoms with E-state index in [0.29, 0.717) is 5.56 Å². The summed E-state index contributed by atoms with van der Waals surface area (Å²) in [5.74, 6) is -1.37. The molecule has 1 amide bonds. The number of carbonyl (C=O) groups excluding carboxylic acids is 1. The fourth-order valence-corrected chi connectivity index (χ4v) is 2.55. The van der Waals surface area contributed by atoms with Crippen molar-refractivity contribution in [2.24, 2.45) is 5.14 Å². The van der Waals surface area contributed by atoms with Crippen molar-refractivity contribution in [2.45, 2.75) is 11.4 Å². The lowest BCUT2D eigenvalue weighted by molar-refractivity contribution is 0.0947. The Hall–Kier alpha value is -1.96. The van der Waals surface area contributed by atoms with Crippen molar-refractivity contribution < 1.29 is 17.6 Å². The molecule has 0 radical (unpaired) electrons. The average molecular weight is 343 g/mol. The maximum atomic E-state index is 13.6. The van der Waals surface area contributed by atoms with Crippen LogP contribution in [-0.4, -0.2) is 14.3 Å². The van der Waals surface area contributed by atoms with Crippen LogP contribution in [0, 0.1) is 5.82 Å². The van der Waals surface area contributed by atoms with Crippen molar-refractivity contribution in [1.29, 1.82) is 0 Å². The van der Waals surface area contributed by atoms with Gasteiger partial charge in [-0.15, -0.1) is 0 Å². The summed E-state index contributed by atoms with van der Waals surface area (Å²) < 4.78 is 35.8. The SMILES string of the molecule is NS(=O)(=O)c1ccc(CNC(=O)c2c(F)cccc2Cl)cc1. The smallest absolute Gasteiger partial charge is 0.256 e. The van der Waals surface area contributed by atoms with Gasteiger partial charge in [-0.3, -0.25) is 4.79 Å². The minimum absolute atomic E-state index is 0.0158. The Bertz CT molecular complexity index is 787. The Labute approximate surface area is 131 Å². The minimum atomic E-state index is -3.76. The van der Waals surface area contributed by atoms with Gasteiger partial charge in [0.1, 0.15) is 5.82 Å². The highest BCUT2D eigenvalue weighted by Gasteiger charge is 2.15. The van der Waals surface area contributed by atoms with Gasteiger partial charge in [0.25, 0.3) is 5.91 Å². The number of hydrogen-bond acceptors (Lipinski definition) is 3. The second-order valence-electron chi connectivity index (χ2n) is 4.47. The van der Waals surface area contributed by atoms with Gasteiger partial charge in [0, 0.05) is 6.54 Å². The van der Waals surface area contributed by atoms with E-state index in [-0.39, 0.29) is 22.0 Å². The van der Waals surface area contributed by atoms with Gasteiger partial charge in [0.05, 0.1) is 15.5 Å². The summed E-state index contributed by atoms with van der Waals surface area (Å²) in [6.07, 6.45) is 0. The molecule has 0 fully saturated rings. The molecule has 0 aromatic heterocycles. The molecule has 3 N–H and O–H groups in total. The van der Waals surface area contributed by atoms with Crippen LogP contribution in [0.1, 0.15) is 15.9 Å². The zero-order valence-corrected chi connectivity index (χ0v) is 12.8. The first-order valence-electron chi connectivity index (χ1n) is 6.13. The molecular weight excluding hydrogens is 331 g/mol. The lowest BCUT2D eigenvalue weighted by Gasteiger charge is -2.08. The van der Waals surface area contributed by atoms with Crippen molar-refractivity contribution in [3.63, 3.8) is 0 Å². The Balaban J connectivity index is 2.09. The number of nitrogens with two attached hydrogens (primary N) is 1. The number of sulfonamides is 1. The van der Waals surface area contributed by atoms with E-state index in [0.717, 1.165) is 6.07 Å². The minimum Gasteiger partial charge on any atom is -0.348 e. The van der Waals surface area contributed by atoms with E-state index < -0.39 is 21.7 Å². The topological polar surface area (TPSA) is 89.3 Å². The van der Waals surface area contributed by atoms with Gasteiger partial charge in [-0.2, -0.15) is 0 Å². The molecular formula is C14H12ClFN2O3S. The number of rotatable bonds is 4. The molecule has 2 aromatic carbocycles. The van der Waals surface area contributed by atoms with Crippen LogP contribution in [0.3, 0.4) is 0 Å². The third kappa shape index (κ3) is 3.82. The quantitative estimate of drug-likeness (QED) is 0.891. The van der Waals surface area contributed by atoms with E-state index in [1.165, 1.54) is 36.4 Å². The van der Waals surface area contributed by atoms with Crippen LogP contribution in [0.15, 0.2) is 47.4 Å². The number of amides is 1. The number of halogens is 2. The lowest BCUT2D eigenvalue weighted by Crippen LogP contribution is -2.24. The summed E-state index contributed by atoms with van der Waals surface area (Å²) in [6, 6.07) is 9.62. The molecule has 0 unspecified atom stereocenters. The summed E-state index contributed by atoms with van der Waals surface area (Å²) in [6.45, 7) is 0.0917. The van der Waals surface area contributed by atoms with Crippen LogP contribution < -0.4 is 10.5 Å². The summed E-state index contributed by atoms with van der Waals surface area (Å²) in [5, 5.41) is 7.51. The van der Waals surface area contributed by atoms with Gasteiger partial charge in [0.2, 0.25) is 10.0 Å². The zero-order valence-electron chi connectivity index (χ0n) is 11.2. The first-order valence-corrected chi connectivity index (χ1v) is 8.05. The third-order valence-electron chi connectivity index (χ3n) is 2.89. The van der Waals surface area contributed by atoms with Gasteiger partial charge in [-0.05, 0) is 29.8 Å². The van der Waals surface area contributed by atoms with E-state index >= 15 is 0 Å². The number of benzene rings is 2. The molecule has 0 heterocycles. The van der Waals surface area contributed by atoms with Crippen LogP contribution in [0.2, 0.25) is 5.02 Å². The number of primary sulfonamides is 1. The number of nitrogens with one attached hydrogen (secondary N) is 1. The molecule has 2 rings (SSSR count). The summed E-state index contributed by atoms with van der Waals surface area (Å²) in [4.78, 5) is 11.9. The fraction of sp³-hybridized carbons (Fsp3) is 0.0714. The molecule has 22 heavy (non-hydrogen) atoms. The van der Waals surface area contributed by atoms with E-state index in [1.54, 1.807) is 0 Å². The van der Waals surface area contributed by atoms with Crippen LogP contribution in [0.25, 0.3) is 0 Å². The standard InChI is InChI=1S/C14H12ClFN2O3S/c15-11-2-1-3-12(16)13(11)14(19)18-8-9-4-6-10(7-5-9)22(17,20)21/h1-7H,8H2,(H,18,19)(H2,17,20,21). The van der Waals surface area contributed by atoms with Gasteiger partial charge in [-0.25, -0.2) is 17.9 Å². The maximum absolute atomic E-state index is 13.6. The highest BCUT2D eigenvalue weighted by atomic mass is 35.5. The Morgan fingerprint density at radius 1 is 1.18 bits per heavy atom. The number of carbonyl (C=O) groups is 1. The molecule has 0 saturated carbocycles. The van der Waals surface area contributed by atoms with Crippen LogP contribution in [0.4, 0.5) is 4.39 Å². The van der Waals surface area contributed by atoms with E-state index in [9.17, 15) is 17.6 Å². The second kappa shape index (κ2) is 6.43. The van der Waals surface area contributed by atoms with Crippen LogP contribution in [-0.2, 0) is 16.6 Å². The predicted octanol–water partition coefficient (Wildman–Crippen LogP) is 2.06. The first kappa shape index (κ1) is 16.4. The molecule has 2 aromatic rings. The summed E-state index contributed by atoms with van der Waals surface area (Å²) >= 11 is 5.80. The molecule has 0 saturated heterocycles. The van der Waals surface area contributed by atoms with Crippen molar-refractivity contribution in [3.05, 3.63) is 64.4 Å². The van der Waals surface area contributed by atoms with Gasteiger partial charge in [0.15, 0.2) is 0 Å². The molecule has 0 spiro atoms. The van der Waals surface area contributed by atoms with Crippen molar-refractivity contribution in [3.8, 4) is 0 Å². The monoisotopic (exact) mass is 342 g/mol. The normalized spacial score (nSPS) is 11.2. The molecule has 0 aliphatic heterocycles. The molecule has 8 heteroatoms. The van der Waals surface area contributed by atoms with Crippen molar-refractivity contribution in [1.82, 2.24) is 5.32 Å². The Kier molecular flexibility index (Phi) is 4.80. The van der Waals surface area contributed by atoms with E-state index in [2.05, 4.69) is 5.32 Å². The molecule has 5 nitrogen and oxygen atoms in total. The van der Waals surface area contributed by atoms with Gasteiger partial charge in [-0.1, -0.05) is 29.8 Å². The largest absolute Gasteiger partial charge is 0.348 e.